The Morgan fingerprint density at radius 3 is 2.71 bits per heavy atom. The van der Waals surface area contributed by atoms with Crippen molar-refractivity contribution in [3.63, 3.8) is 0 Å². The Morgan fingerprint density at radius 2 is 2.00 bits per heavy atom. The normalized spacial score (nSPS) is 19.1. The molecule has 0 saturated heterocycles. The van der Waals surface area contributed by atoms with Crippen molar-refractivity contribution in [1.29, 1.82) is 0 Å². The smallest absolute Gasteiger partial charge is 0.0704 e. The molecule has 0 spiro atoms. The van der Waals surface area contributed by atoms with Crippen molar-refractivity contribution < 1.29 is 5.11 Å². The summed E-state index contributed by atoms with van der Waals surface area (Å²) < 4.78 is 0. The number of aryl methyl sites for hydroxylation is 2. The molecule has 2 heteroatoms. The molecule has 0 aliphatic heterocycles. The molecule has 0 amide bonds. The van der Waals surface area contributed by atoms with Crippen molar-refractivity contribution in [2.24, 2.45) is 5.73 Å². The van der Waals surface area contributed by atoms with Gasteiger partial charge in [-0.3, -0.25) is 0 Å². The van der Waals surface area contributed by atoms with Crippen LogP contribution in [0.4, 0.5) is 0 Å². The van der Waals surface area contributed by atoms with Gasteiger partial charge in [-0.2, -0.15) is 0 Å². The van der Waals surface area contributed by atoms with Crippen LogP contribution in [0.3, 0.4) is 0 Å². The van der Waals surface area contributed by atoms with Gasteiger partial charge in [0.1, 0.15) is 0 Å². The van der Waals surface area contributed by atoms with Crippen LogP contribution in [0, 0.1) is 0 Å². The van der Waals surface area contributed by atoms with Crippen molar-refractivity contribution >= 4 is 0 Å². The number of benzene rings is 1. The zero-order valence-corrected chi connectivity index (χ0v) is 8.53. The van der Waals surface area contributed by atoms with Crippen LogP contribution in [0.1, 0.15) is 36.1 Å². The Balaban J connectivity index is 2.28. The molecule has 1 aromatic carbocycles. The highest BCUT2D eigenvalue weighted by molar-refractivity contribution is 5.36. The summed E-state index contributed by atoms with van der Waals surface area (Å²) in [4.78, 5) is 0. The third kappa shape index (κ3) is 1.68. The number of aliphatic hydroxyl groups is 1. The predicted molar refractivity (Wildman–Crippen MR) is 57.1 cm³/mol. The number of nitrogens with two attached hydrogens (primary N) is 1. The topological polar surface area (TPSA) is 46.2 Å². The zero-order valence-electron chi connectivity index (χ0n) is 8.53. The quantitative estimate of drug-likeness (QED) is 0.745. The summed E-state index contributed by atoms with van der Waals surface area (Å²) in [7, 11) is 0. The van der Waals surface area contributed by atoms with Crippen molar-refractivity contribution in [1.82, 2.24) is 0 Å². The molecule has 0 bridgehead atoms. The summed E-state index contributed by atoms with van der Waals surface area (Å²) in [6, 6.07) is 6.10. The Hall–Kier alpha value is -0.860. The molecule has 2 rings (SSSR count). The highest BCUT2D eigenvalue weighted by Crippen LogP contribution is 2.25. The average molecular weight is 191 g/mol. The predicted octanol–water partition coefficient (Wildman–Crippen LogP) is 1.56. The molecule has 0 aromatic heterocycles. The summed E-state index contributed by atoms with van der Waals surface area (Å²) >= 11 is 0. The van der Waals surface area contributed by atoms with Gasteiger partial charge in [0, 0.05) is 0 Å². The maximum Gasteiger partial charge on any atom is 0.0704 e. The summed E-state index contributed by atoms with van der Waals surface area (Å²) in [5.41, 5.74) is 9.80. The van der Waals surface area contributed by atoms with E-state index in [2.05, 4.69) is 12.1 Å². The first-order valence-corrected chi connectivity index (χ1v) is 5.24. The first-order valence-electron chi connectivity index (χ1n) is 5.24. The molecule has 0 fully saturated rings. The van der Waals surface area contributed by atoms with Crippen LogP contribution in [-0.4, -0.2) is 11.2 Å². The maximum atomic E-state index is 9.40. The van der Waals surface area contributed by atoms with Crippen LogP contribution in [0.25, 0.3) is 0 Å². The first kappa shape index (κ1) is 9.69. The summed E-state index contributed by atoms with van der Waals surface area (Å²) in [6.07, 6.45) is 3.13. The molecule has 0 saturated carbocycles. The second kappa shape index (κ2) is 3.71. The van der Waals surface area contributed by atoms with E-state index in [1.54, 1.807) is 6.92 Å². The molecule has 2 unspecified atom stereocenters. The van der Waals surface area contributed by atoms with Crippen LogP contribution in [-0.2, 0) is 12.8 Å². The van der Waals surface area contributed by atoms with E-state index in [0.29, 0.717) is 0 Å². The molecule has 0 radical (unpaired) electrons. The van der Waals surface area contributed by atoms with Crippen LogP contribution in [0.15, 0.2) is 18.2 Å². The van der Waals surface area contributed by atoms with E-state index in [1.807, 2.05) is 6.07 Å². The number of hydrogen-bond acceptors (Lipinski definition) is 2. The molecule has 1 aliphatic carbocycles. The Kier molecular flexibility index (Phi) is 2.57. The van der Waals surface area contributed by atoms with Crippen LogP contribution in [0.2, 0.25) is 0 Å². The molecule has 2 atom stereocenters. The maximum absolute atomic E-state index is 9.40. The second-order valence-electron chi connectivity index (χ2n) is 4.15. The number of aliphatic hydroxyl groups excluding tert-OH is 1. The Morgan fingerprint density at radius 1 is 1.29 bits per heavy atom. The van der Waals surface area contributed by atoms with Gasteiger partial charge in [0.25, 0.3) is 0 Å². The fourth-order valence-corrected chi connectivity index (χ4v) is 2.08. The molecular formula is C12H17NO. The highest BCUT2D eigenvalue weighted by Gasteiger charge is 2.16. The van der Waals surface area contributed by atoms with Gasteiger partial charge in [0.2, 0.25) is 0 Å². The van der Waals surface area contributed by atoms with Gasteiger partial charge < -0.3 is 10.8 Å². The number of fused-ring (bicyclic) bond motifs is 1. The van der Waals surface area contributed by atoms with Gasteiger partial charge in [-0.25, -0.2) is 0 Å². The molecular weight excluding hydrogens is 174 g/mol. The molecule has 1 aromatic rings. The largest absolute Gasteiger partial charge is 0.391 e. The zero-order chi connectivity index (χ0) is 10.1. The lowest BCUT2D eigenvalue weighted by Gasteiger charge is -2.16. The van der Waals surface area contributed by atoms with E-state index in [-0.39, 0.29) is 6.04 Å². The second-order valence-corrected chi connectivity index (χ2v) is 4.15. The van der Waals surface area contributed by atoms with E-state index in [0.717, 1.165) is 12.0 Å². The van der Waals surface area contributed by atoms with E-state index >= 15 is 0 Å². The average Bonchev–Trinajstić information content (AvgIpc) is 2.62. The minimum absolute atomic E-state index is 0.249. The van der Waals surface area contributed by atoms with Crippen LogP contribution >= 0.6 is 0 Å². The van der Waals surface area contributed by atoms with E-state index in [1.165, 1.54) is 24.0 Å². The fraction of sp³-hybridized carbons (Fsp3) is 0.500. The third-order valence-electron chi connectivity index (χ3n) is 3.03. The Labute approximate surface area is 84.7 Å². The lowest BCUT2D eigenvalue weighted by atomic mass is 9.99. The fourth-order valence-electron chi connectivity index (χ4n) is 2.08. The SMILES string of the molecule is CC(O)C(N)c1ccc2c(c1)CCC2. The Bertz CT molecular complexity index is 333. The van der Waals surface area contributed by atoms with Gasteiger partial charge in [-0.15, -0.1) is 0 Å². The monoisotopic (exact) mass is 191 g/mol. The van der Waals surface area contributed by atoms with E-state index in [9.17, 15) is 5.11 Å². The van der Waals surface area contributed by atoms with E-state index in [4.69, 9.17) is 5.73 Å². The van der Waals surface area contributed by atoms with Gasteiger partial charge in [0.15, 0.2) is 0 Å². The molecule has 0 heterocycles. The number of rotatable bonds is 2. The van der Waals surface area contributed by atoms with Crippen molar-refractivity contribution in [2.75, 3.05) is 0 Å². The van der Waals surface area contributed by atoms with Crippen molar-refractivity contribution in [2.45, 2.75) is 38.3 Å². The summed E-state index contributed by atoms with van der Waals surface area (Å²) in [5, 5.41) is 9.40. The number of hydrogen-bond donors (Lipinski definition) is 2. The molecule has 76 valence electrons. The first-order chi connectivity index (χ1) is 6.68. The summed E-state index contributed by atoms with van der Waals surface area (Å²) in [5.74, 6) is 0. The van der Waals surface area contributed by atoms with Crippen LogP contribution < -0.4 is 5.73 Å². The molecule has 14 heavy (non-hydrogen) atoms. The minimum Gasteiger partial charge on any atom is -0.391 e. The van der Waals surface area contributed by atoms with Gasteiger partial charge >= 0.3 is 0 Å². The van der Waals surface area contributed by atoms with E-state index < -0.39 is 6.10 Å². The molecule has 1 aliphatic rings. The van der Waals surface area contributed by atoms with Gasteiger partial charge in [-0.05, 0) is 42.9 Å². The van der Waals surface area contributed by atoms with Crippen molar-refractivity contribution in [3.05, 3.63) is 34.9 Å². The van der Waals surface area contributed by atoms with Crippen LogP contribution in [0.5, 0.6) is 0 Å². The lowest BCUT2D eigenvalue weighted by molar-refractivity contribution is 0.164. The minimum atomic E-state index is -0.477. The van der Waals surface area contributed by atoms with Gasteiger partial charge in [-0.1, -0.05) is 18.2 Å². The standard InChI is InChI=1S/C12H17NO/c1-8(14)12(13)11-6-5-9-3-2-4-10(9)7-11/h5-8,12,14H,2-4,13H2,1H3. The highest BCUT2D eigenvalue weighted by atomic mass is 16.3. The summed E-state index contributed by atoms with van der Waals surface area (Å²) in [6.45, 7) is 1.73. The van der Waals surface area contributed by atoms with Crippen molar-refractivity contribution in [3.8, 4) is 0 Å². The molecule has 3 N–H and O–H groups in total. The molecule has 2 nitrogen and oxygen atoms in total. The van der Waals surface area contributed by atoms with Gasteiger partial charge in [0.05, 0.1) is 12.1 Å². The third-order valence-corrected chi connectivity index (χ3v) is 3.03. The lowest BCUT2D eigenvalue weighted by Crippen LogP contribution is -2.23.